The van der Waals surface area contributed by atoms with Gasteiger partial charge in [0.2, 0.25) is 0 Å². The Labute approximate surface area is 196 Å². The molecule has 0 saturated heterocycles. The zero-order valence-electron chi connectivity index (χ0n) is 18.0. The van der Waals surface area contributed by atoms with Crippen molar-refractivity contribution in [1.29, 1.82) is 0 Å². The molecule has 2 aromatic carbocycles. The molecule has 0 heterocycles. The maximum absolute atomic E-state index is 9.19. The number of hydrogen-bond donors (Lipinski definition) is 3. The van der Waals surface area contributed by atoms with Crippen LogP contribution in [0.1, 0.15) is 27.7 Å². The summed E-state index contributed by atoms with van der Waals surface area (Å²) >= 11 is 0. The van der Waals surface area contributed by atoms with Gasteiger partial charge in [0.1, 0.15) is 5.69 Å². The van der Waals surface area contributed by atoms with Crippen LogP contribution in [0.4, 0.5) is 17.1 Å². The van der Waals surface area contributed by atoms with E-state index >= 15 is 0 Å². The van der Waals surface area contributed by atoms with Crippen LogP contribution < -0.4 is 11.5 Å². The third-order valence-corrected chi connectivity index (χ3v) is 1.97. The van der Waals surface area contributed by atoms with Gasteiger partial charge in [0, 0.05) is 32.7 Å². The predicted octanol–water partition coefficient (Wildman–Crippen LogP) is 5.26. The Bertz CT molecular complexity index is 675. The first-order chi connectivity index (χ1) is 12.4. The molecule has 159 valence electrons. The van der Waals surface area contributed by atoms with Crippen molar-refractivity contribution in [3.8, 4) is 0 Å². The van der Waals surface area contributed by atoms with Gasteiger partial charge in [0.25, 0.3) is 10.1 Å². The van der Waals surface area contributed by atoms with E-state index in [2.05, 4.69) is 16.0 Å². The van der Waals surface area contributed by atoms with Gasteiger partial charge in [-0.15, -0.1) is 5.11 Å². The topological polar surface area (TPSA) is 131 Å². The van der Waals surface area contributed by atoms with Gasteiger partial charge in [-0.1, -0.05) is 58.0 Å². The molecule has 5 N–H and O–H groups in total. The maximum Gasteiger partial charge on any atom is 0.261 e. The van der Waals surface area contributed by atoms with Gasteiger partial charge in [-0.25, -0.2) is 0 Å². The molecule has 0 aliphatic heterocycles. The van der Waals surface area contributed by atoms with E-state index in [0.717, 1.165) is 5.69 Å². The second kappa shape index (κ2) is 25.8. The van der Waals surface area contributed by atoms with Crippen LogP contribution in [0.3, 0.4) is 0 Å². The van der Waals surface area contributed by atoms with E-state index in [1.165, 1.54) is 7.05 Å². The Morgan fingerprint density at radius 3 is 1.57 bits per heavy atom. The predicted molar refractivity (Wildman–Crippen MR) is 118 cm³/mol. The van der Waals surface area contributed by atoms with Crippen molar-refractivity contribution in [3.63, 3.8) is 0 Å². The first-order valence-corrected chi connectivity index (χ1v) is 10.0. The molecule has 2 rings (SSSR count). The first-order valence-electron chi connectivity index (χ1n) is 8.18. The van der Waals surface area contributed by atoms with E-state index in [9.17, 15) is 8.42 Å². The smallest absolute Gasteiger partial charge is 0.261 e. The van der Waals surface area contributed by atoms with Crippen LogP contribution in [0.2, 0.25) is 0 Å². The molecular formula is C19H35N4O3SY-. The number of rotatable bonds is 2. The summed E-state index contributed by atoms with van der Waals surface area (Å²) < 4.78 is 25.9. The van der Waals surface area contributed by atoms with Crippen molar-refractivity contribution in [3.05, 3.63) is 62.0 Å². The summed E-state index contributed by atoms with van der Waals surface area (Å²) in [6.45, 7) is 8.00. The van der Waals surface area contributed by atoms with Crippen LogP contribution in [-0.4, -0.2) is 26.3 Å². The molecule has 0 unspecified atom stereocenters. The van der Waals surface area contributed by atoms with Gasteiger partial charge in [-0.05, 0) is 31.3 Å². The van der Waals surface area contributed by atoms with Crippen LogP contribution >= 0.6 is 0 Å². The molecule has 0 aliphatic carbocycles. The summed E-state index contributed by atoms with van der Waals surface area (Å²) in [4.78, 5) is 0. The molecular weight excluding hydrogens is 453 g/mol. The van der Waals surface area contributed by atoms with Crippen molar-refractivity contribution in [2.45, 2.75) is 27.7 Å². The fourth-order valence-corrected chi connectivity index (χ4v) is 1.18. The summed E-state index contributed by atoms with van der Waals surface area (Å²) in [5.74, 6) is 0. The third-order valence-electron chi connectivity index (χ3n) is 1.97. The van der Waals surface area contributed by atoms with Gasteiger partial charge in [-0.3, -0.25) is 4.55 Å². The number of nitrogen functional groups attached to an aromatic ring is 1. The average molecular weight is 488 g/mol. The maximum atomic E-state index is 9.19. The Kier molecular flexibility index (Phi) is 34.6. The number of anilines is 1. The summed E-state index contributed by atoms with van der Waals surface area (Å²) in [6.07, 6.45) is 0.715. The van der Waals surface area contributed by atoms with Crippen molar-refractivity contribution >= 4 is 27.2 Å². The number of benzene rings is 2. The van der Waals surface area contributed by atoms with Gasteiger partial charge in [-0.2, -0.15) is 13.5 Å². The van der Waals surface area contributed by atoms with Crippen molar-refractivity contribution in [1.82, 2.24) is 0 Å². The average Bonchev–Trinajstić information content (AvgIpc) is 2.66. The molecule has 1 radical (unpaired) electrons. The molecule has 0 saturated carbocycles. The number of nitrogens with two attached hydrogens (primary N) is 2. The molecule has 9 heteroatoms. The molecule has 28 heavy (non-hydrogen) atoms. The van der Waals surface area contributed by atoms with Crippen LogP contribution in [0.25, 0.3) is 0 Å². The molecule has 0 spiro atoms. The number of hydrogen-bond acceptors (Lipinski definition) is 6. The van der Waals surface area contributed by atoms with E-state index in [4.69, 9.17) is 10.3 Å². The summed E-state index contributed by atoms with van der Waals surface area (Å²) in [5.41, 5.74) is 12.4. The number of para-hydroxylation sites is 1. The second-order valence-corrected chi connectivity index (χ2v) is 5.29. The summed E-state index contributed by atoms with van der Waals surface area (Å²) in [7, 11) is -2.17. The summed E-state index contributed by atoms with van der Waals surface area (Å²) in [5, 5.41) is 8.16. The molecule has 2 aromatic rings. The standard InChI is InChI=1S/C12H11N3.2C2H6.CH5N.CH4O3S.CH3.Y/c13-11-8-4-5-9-12(11)15-14-10-6-2-1-3-7-10;3*1-2;1-5(2,3)4;;/h1-9H,13H2;2*1-2H3;2H2,1H3;1H3,(H,2,3,4);1H3;/q;;;;;-1;. The normalized spacial score (nSPS) is 8.43. The molecule has 0 amide bonds. The number of nitrogens with zero attached hydrogens (tertiary/aromatic N) is 2. The number of azo groups is 1. The molecule has 0 aliphatic rings. The van der Waals surface area contributed by atoms with Crippen LogP contribution in [-0.2, 0) is 42.8 Å². The van der Waals surface area contributed by atoms with Gasteiger partial charge in [0.15, 0.2) is 0 Å². The van der Waals surface area contributed by atoms with E-state index in [0.29, 0.717) is 17.6 Å². The van der Waals surface area contributed by atoms with Crippen LogP contribution in [0.15, 0.2) is 64.8 Å². The van der Waals surface area contributed by atoms with E-state index in [1.807, 2.05) is 76.2 Å². The van der Waals surface area contributed by atoms with Crippen molar-refractivity contribution in [2.75, 3.05) is 19.0 Å². The zero-order chi connectivity index (χ0) is 21.0. The van der Waals surface area contributed by atoms with Gasteiger partial charge in [0.05, 0.1) is 17.6 Å². The molecule has 0 bridgehead atoms. The minimum atomic E-state index is -3.67. The second-order valence-electron chi connectivity index (χ2n) is 3.83. The fraction of sp³-hybridized carbons (Fsp3) is 0.316. The Hall–Kier alpha value is -1.19. The monoisotopic (exact) mass is 488 g/mol. The summed E-state index contributed by atoms with van der Waals surface area (Å²) in [6, 6.07) is 17.0. The van der Waals surface area contributed by atoms with Gasteiger partial charge >= 0.3 is 0 Å². The Morgan fingerprint density at radius 1 is 0.821 bits per heavy atom. The largest absolute Gasteiger partial charge is 0.397 e. The molecule has 0 atom stereocenters. The fourth-order valence-electron chi connectivity index (χ4n) is 1.18. The first kappa shape index (κ1) is 37.5. The van der Waals surface area contributed by atoms with Crippen LogP contribution in [0.5, 0.6) is 0 Å². The van der Waals surface area contributed by atoms with E-state index < -0.39 is 10.1 Å². The van der Waals surface area contributed by atoms with E-state index in [-0.39, 0.29) is 40.1 Å². The van der Waals surface area contributed by atoms with Gasteiger partial charge < -0.3 is 18.9 Å². The Morgan fingerprint density at radius 2 is 1.18 bits per heavy atom. The van der Waals surface area contributed by atoms with Crippen molar-refractivity contribution < 1.29 is 45.7 Å². The SMILES string of the molecule is CC.CC.CN.CS(=O)(=O)O.Nc1ccccc1N=Nc1ccccc1.[CH3-].[Y]. The molecule has 7 nitrogen and oxygen atoms in total. The minimum Gasteiger partial charge on any atom is -0.397 e. The zero-order valence-corrected chi connectivity index (χ0v) is 21.6. The van der Waals surface area contributed by atoms with E-state index in [1.54, 1.807) is 6.07 Å². The van der Waals surface area contributed by atoms with Crippen molar-refractivity contribution in [2.24, 2.45) is 16.0 Å². The third kappa shape index (κ3) is 27.0. The molecule has 0 fully saturated rings. The molecule has 0 aromatic heterocycles. The Balaban J connectivity index is -0.000000117. The van der Waals surface area contributed by atoms with Crippen LogP contribution in [0, 0.1) is 7.43 Å². The quantitative estimate of drug-likeness (QED) is 0.230. The minimum absolute atomic E-state index is 0.